The third-order valence-electron chi connectivity index (χ3n) is 3.89. The van der Waals surface area contributed by atoms with E-state index >= 15 is 0 Å². The minimum absolute atomic E-state index is 0.0324. The maximum atomic E-state index is 12.1. The molecule has 0 aromatic heterocycles. The van der Waals surface area contributed by atoms with E-state index in [9.17, 15) is 4.79 Å². The lowest BCUT2D eigenvalue weighted by molar-refractivity contribution is -0.0196. The molecule has 1 heterocycles. The van der Waals surface area contributed by atoms with Crippen LogP contribution < -0.4 is 0 Å². The zero-order valence-corrected chi connectivity index (χ0v) is 12.4. The molecule has 2 rings (SSSR count). The number of nitrogens with zero attached hydrogens (tertiary/aromatic N) is 1. The Kier molecular flexibility index (Phi) is 4.48. The SMILES string of the molecule is C[C@@H]1CN(C)[C@@H](C)C[C@H]1OC(=O)c1ccccc1Cl. The quantitative estimate of drug-likeness (QED) is 0.780. The Morgan fingerprint density at radius 3 is 2.74 bits per heavy atom. The summed E-state index contributed by atoms with van der Waals surface area (Å²) in [6.45, 7) is 5.22. The Labute approximate surface area is 119 Å². The first-order valence-electron chi connectivity index (χ1n) is 6.64. The fourth-order valence-electron chi connectivity index (χ4n) is 2.49. The first-order valence-corrected chi connectivity index (χ1v) is 7.02. The molecule has 1 aliphatic rings. The van der Waals surface area contributed by atoms with E-state index in [2.05, 4.69) is 25.8 Å². The lowest BCUT2D eigenvalue weighted by Gasteiger charge is -2.39. The van der Waals surface area contributed by atoms with E-state index in [1.165, 1.54) is 0 Å². The van der Waals surface area contributed by atoms with E-state index in [-0.39, 0.29) is 12.1 Å². The van der Waals surface area contributed by atoms with Gasteiger partial charge in [0.15, 0.2) is 0 Å². The molecule has 19 heavy (non-hydrogen) atoms. The second-order valence-electron chi connectivity index (χ2n) is 5.43. The Balaban J connectivity index is 2.05. The molecule has 1 aliphatic heterocycles. The third kappa shape index (κ3) is 3.28. The predicted molar refractivity (Wildman–Crippen MR) is 76.5 cm³/mol. The maximum Gasteiger partial charge on any atom is 0.339 e. The molecule has 0 unspecified atom stereocenters. The Bertz CT molecular complexity index is 463. The van der Waals surface area contributed by atoms with Crippen molar-refractivity contribution in [2.45, 2.75) is 32.4 Å². The molecule has 1 aromatic rings. The molecule has 4 heteroatoms. The topological polar surface area (TPSA) is 29.5 Å². The van der Waals surface area contributed by atoms with E-state index in [4.69, 9.17) is 16.3 Å². The van der Waals surface area contributed by atoms with E-state index in [0.717, 1.165) is 13.0 Å². The van der Waals surface area contributed by atoms with Crippen molar-refractivity contribution in [1.82, 2.24) is 4.90 Å². The Morgan fingerprint density at radius 2 is 2.05 bits per heavy atom. The molecule has 0 bridgehead atoms. The Morgan fingerprint density at radius 1 is 1.37 bits per heavy atom. The molecule has 1 fully saturated rings. The molecule has 0 N–H and O–H groups in total. The number of ether oxygens (including phenoxy) is 1. The van der Waals surface area contributed by atoms with E-state index in [1.54, 1.807) is 24.3 Å². The van der Waals surface area contributed by atoms with Crippen LogP contribution in [-0.4, -0.2) is 36.6 Å². The number of rotatable bonds is 2. The monoisotopic (exact) mass is 281 g/mol. The summed E-state index contributed by atoms with van der Waals surface area (Å²) in [6, 6.07) is 7.44. The zero-order chi connectivity index (χ0) is 14.0. The average Bonchev–Trinajstić information content (AvgIpc) is 2.36. The van der Waals surface area contributed by atoms with Gasteiger partial charge in [-0.25, -0.2) is 4.79 Å². The van der Waals surface area contributed by atoms with Crippen LogP contribution in [0.5, 0.6) is 0 Å². The maximum absolute atomic E-state index is 12.1. The van der Waals surface area contributed by atoms with Crippen LogP contribution in [0.15, 0.2) is 24.3 Å². The van der Waals surface area contributed by atoms with E-state index in [0.29, 0.717) is 22.5 Å². The summed E-state index contributed by atoms with van der Waals surface area (Å²) >= 11 is 6.02. The van der Waals surface area contributed by atoms with Crippen LogP contribution in [0.4, 0.5) is 0 Å². The highest BCUT2D eigenvalue weighted by Gasteiger charge is 2.32. The van der Waals surface area contributed by atoms with Crippen LogP contribution in [0.1, 0.15) is 30.6 Å². The summed E-state index contributed by atoms with van der Waals surface area (Å²) in [6.07, 6.45) is 0.836. The third-order valence-corrected chi connectivity index (χ3v) is 4.22. The fraction of sp³-hybridized carbons (Fsp3) is 0.533. The average molecular weight is 282 g/mol. The summed E-state index contributed by atoms with van der Waals surface area (Å²) in [5.41, 5.74) is 0.447. The van der Waals surface area contributed by atoms with Gasteiger partial charge >= 0.3 is 5.97 Å². The number of esters is 1. The highest BCUT2D eigenvalue weighted by Crippen LogP contribution is 2.25. The summed E-state index contributed by atoms with van der Waals surface area (Å²) in [4.78, 5) is 14.4. The van der Waals surface area contributed by atoms with E-state index in [1.807, 2.05) is 0 Å². The van der Waals surface area contributed by atoms with Gasteiger partial charge in [-0.3, -0.25) is 0 Å². The molecule has 1 saturated heterocycles. The van der Waals surface area contributed by atoms with Crippen molar-refractivity contribution in [1.29, 1.82) is 0 Å². The van der Waals surface area contributed by atoms with Gasteiger partial charge in [-0.1, -0.05) is 30.7 Å². The molecule has 0 radical (unpaired) electrons. The van der Waals surface area contributed by atoms with Crippen LogP contribution in [0.25, 0.3) is 0 Å². The van der Waals surface area contributed by atoms with Gasteiger partial charge in [0.1, 0.15) is 6.10 Å². The van der Waals surface area contributed by atoms with Crippen LogP contribution in [0.2, 0.25) is 5.02 Å². The van der Waals surface area contributed by atoms with Crippen molar-refractivity contribution in [2.24, 2.45) is 5.92 Å². The van der Waals surface area contributed by atoms with Crippen molar-refractivity contribution < 1.29 is 9.53 Å². The highest BCUT2D eigenvalue weighted by molar-refractivity contribution is 6.33. The minimum Gasteiger partial charge on any atom is -0.458 e. The number of piperidine rings is 1. The van der Waals surface area contributed by atoms with Gasteiger partial charge in [-0.2, -0.15) is 0 Å². The van der Waals surface area contributed by atoms with Crippen LogP contribution in [0.3, 0.4) is 0 Å². The summed E-state index contributed by atoms with van der Waals surface area (Å²) in [5, 5.41) is 0.445. The number of carbonyl (C=O) groups excluding carboxylic acids is 1. The molecular formula is C15H20ClNO2. The largest absolute Gasteiger partial charge is 0.458 e. The molecule has 0 aliphatic carbocycles. The molecule has 1 aromatic carbocycles. The van der Waals surface area contributed by atoms with Gasteiger partial charge in [-0.15, -0.1) is 0 Å². The first kappa shape index (κ1) is 14.4. The van der Waals surface area contributed by atoms with Gasteiger partial charge in [-0.05, 0) is 32.5 Å². The summed E-state index contributed by atoms with van der Waals surface area (Å²) in [5.74, 6) is 0.0202. The smallest absolute Gasteiger partial charge is 0.339 e. The molecular weight excluding hydrogens is 262 g/mol. The number of hydrogen-bond acceptors (Lipinski definition) is 3. The number of halogens is 1. The van der Waals surface area contributed by atoms with Gasteiger partial charge in [0, 0.05) is 18.5 Å². The van der Waals surface area contributed by atoms with Gasteiger partial charge in [0.05, 0.1) is 10.6 Å². The molecule has 104 valence electrons. The molecule has 0 saturated carbocycles. The lowest BCUT2D eigenvalue weighted by atomic mass is 9.92. The lowest BCUT2D eigenvalue weighted by Crippen LogP contribution is -2.46. The molecule has 3 atom stereocenters. The minimum atomic E-state index is -0.320. The van der Waals surface area contributed by atoms with E-state index < -0.39 is 0 Å². The predicted octanol–water partition coefficient (Wildman–Crippen LogP) is 3.23. The highest BCUT2D eigenvalue weighted by atomic mass is 35.5. The molecule has 3 nitrogen and oxygen atoms in total. The summed E-state index contributed by atoms with van der Waals surface area (Å²) < 4.78 is 5.64. The molecule has 0 spiro atoms. The normalized spacial score (nSPS) is 28.1. The summed E-state index contributed by atoms with van der Waals surface area (Å²) in [7, 11) is 2.10. The second kappa shape index (κ2) is 5.93. The van der Waals surface area contributed by atoms with Crippen LogP contribution in [0, 0.1) is 5.92 Å². The molecule has 0 amide bonds. The van der Waals surface area contributed by atoms with Crippen molar-refractivity contribution in [3.8, 4) is 0 Å². The first-order chi connectivity index (χ1) is 8.99. The fourth-order valence-corrected chi connectivity index (χ4v) is 2.71. The van der Waals surface area contributed by atoms with Gasteiger partial charge in [0.2, 0.25) is 0 Å². The number of hydrogen-bond donors (Lipinski definition) is 0. The number of likely N-dealkylation sites (tertiary alicyclic amines) is 1. The van der Waals surface area contributed by atoms with Gasteiger partial charge in [0.25, 0.3) is 0 Å². The zero-order valence-electron chi connectivity index (χ0n) is 11.6. The van der Waals surface area contributed by atoms with Crippen LogP contribution >= 0.6 is 11.6 Å². The van der Waals surface area contributed by atoms with Crippen molar-refractivity contribution in [3.05, 3.63) is 34.9 Å². The van der Waals surface area contributed by atoms with Crippen molar-refractivity contribution in [2.75, 3.05) is 13.6 Å². The van der Waals surface area contributed by atoms with Gasteiger partial charge < -0.3 is 9.64 Å². The van der Waals surface area contributed by atoms with Crippen molar-refractivity contribution >= 4 is 17.6 Å². The Hall–Kier alpha value is -1.06. The standard InChI is InChI=1S/C15H20ClNO2/c1-10-9-17(3)11(2)8-14(10)19-15(18)12-6-4-5-7-13(12)16/h4-7,10-11,14H,8-9H2,1-3H3/t10-,11+,14-/m1/s1. The van der Waals surface area contributed by atoms with Crippen molar-refractivity contribution in [3.63, 3.8) is 0 Å². The van der Waals surface area contributed by atoms with Crippen LogP contribution in [-0.2, 0) is 4.74 Å². The number of carbonyl (C=O) groups is 1. The second-order valence-corrected chi connectivity index (χ2v) is 5.83. The number of benzene rings is 1.